The van der Waals surface area contributed by atoms with Crippen LogP contribution in [0.4, 0.5) is 0 Å². The molecule has 0 bridgehead atoms. The second-order valence-electron chi connectivity index (χ2n) is 6.73. The Balaban J connectivity index is 1.48. The van der Waals surface area contributed by atoms with Gasteiger partial charge in [-0.05, 0) is 49.9 Å². The Morgan fingerprint density at radius 2 is 2.26 bits per heavy atom. The minimum Gasteiger partial charge on any atom is -0.477 e. The summed E-state index contributed by atoms with van der Waals surface area (Å²) in [7, 11) is 0. The third kappa shape index (κ3) is 3.57. The second-order valence-corrected chi connectivity index (χ2v) is 7.16. The monoisotopic (exact) mass is 386 g/mol. The fourth-order valence-corrected chi connectivity index (χ4v) is 3.73. The van der Waals surface area contributed by atoms with Gasteiger partial charge in [0.25, 0.3) is 5.91 Å². The molecule has 0 saturated carbocycles. The Morgan fingerprint density at radius 3 is 3.07 bits per heavy atom. The van der Waals surface area contributed by atoms with E-state index in [1.54, 1.807) is 6.92 Å². The van der Waals surface area contributed by atoms with Crippen molar-refractivity contribution in [2.75, 3.05) is 6.61 Å². The van der Waals surface area contributed by atoms with Crippen LogP contribution in [0.1, 0.15) is 35.9 Å². The maximum Gasteiger partial charge on any atom is 0.258 e. The normalized spacial score (nSPS) is 16.1. The summed E-state index contributed by atoms with van der Waals surface area (Å²) in [6, 6.07) is 6.96. The average molecular weight is 387 g/mol. The number of ether oxygens (including phenoxy) is 1. The highest BCUT2D eigenvalue weighted by atomic mass is 35.5. The Morgan fingerprint density at radius 1 is 1.41 bits per heavy atom. The number of aromatic nitrogens is 1. The van der Waals surface area contributed by atoms with Crippen LogP contribution in [0.2, 0.25) is 5.02 Å². The van der Waals surface area contributed by atoms with E-state index < -0.39 is 0 Å². The minimum atomic E-state index is -0.306. The molecule has 1 amide bonds. The zero-order chi connectivity index (χ0) is 19.0. The molecule has 0 saturated heterocycles. The van der Waals surface area contributed by atoms with Crippen molar-refractivity contribution in [2.24, 2.45) is 0 Å². The summed E-state index contributed by atoms with van der Waals surface area (Å²) in [5, 5.41) is 4.79. The topological polar surface area (TPSA) is 84.3 Å². The van der Waals surface area contributed by atoms with Crippen molar-refractivity contribution < 1.29 is 13.9 Å². The van der Waals surface area contributed by atoms with Gasteiger partial charge in [0.1, 0.15) is 12.0 Å². The molecule has 7 heteroatoms. The first-order chi connectivity index (χ1) is 13.0. The Kier molecular flexibility index (Phi) is 4.66. The quantitative estimate of drug-likeness (QED) is 0.716. The third-order valence-electron chi connectivity index (χ3n) is 4.79. The summed E-state index contributed by atoms with van der Waals surface area (Å²) in [4.78, 5) is 27.5. The van der Waals surface area contributed by atoms with E-state index in [2.05, 4.69) is 10.3 Å². The molecule has 4 rings (SSSR count). The number of aryl methyl sites for hydroxylation is 2. The zero-order valence-corrected chi connectivity index (χ0v) is 15.6. The molecule has 3 aromatic rings. The van der Waals surface area contributed by atoms with Gasteiger partial charge in [-0.1, -0.05) is 11.6 Å². The van der Waals surface area contributed by atoms with Gasteiger partial charge in [-0.15, -0.1) is 0 Å². The van der Waals surface area contributed by atoms with Gasteiger partial charge in [0.2, 0.25) is 11.2 Å². The van der Waals surface area contributed by atoms with Gasteiger partial charge < -0.3 is 19.5 Å². The predicted molar refractivity (Wildman–Crippen MR) is 102 cm³/mol. The van der Waals surface area contributed by atoms with Crippen LogP contribution in [0, 0.1) is 6.92 Å². The van der Waals surface area contributed by atoms with Crippen LogP contribution in [-0.4, -0.2) is 17.5 Å². The van der Waals surface area contributed by atoms with E-state index in [1.165, 1.54) is 17.9 Å². The summed E-state index contributed by atoms with van der Waals surface area (Å²) in [6.07, 6.45) is 3.99. The average Bonchev–Trinajstić information content (AvgIpc) is 3.00. The molecule has 1 aromatic carbocycles. The van der Waals surface area contributed by atoms with Crippen molar-refractivity contribution in [1.29, 1.82) is 0 Å². The number of H-pyrrole nitrogens is 1. The highest BCUT2D eigenvalue weighted by Crippen LogP contribution is 2.35. The zero-order valence-electron chi connectivity index (χ0n) is 14.8. The smallest absolute Gasteiger partial charge is 0.258 e. The maximum absolute atomic E-state index is 12.3. The lowest BCUT2D eigenvalue weighted by molar-refractivity contribution is -0.124. The number of benzene rings is 1. The number of hydrogen-bond donors (Lipinski definition) is 2. The van der Waals surface area contributed by atoms with E-state index in [0.29, 0.717) is 10.8 Å². The number of nitrogens with one attached hydrogen (secondary N) is 2. The predicted octanol–water partition coefficient (Wildman–Crippen LogP) is 3.66. The highest BCUT2D eigenvalue weighted by Gasteiger charge is 2.25. The van der Waals surface area contributed by atoms with Gasteiger partial charge in [-0.2, -0.15) is 0 Å². The van der Waals surface area contributed by atoms with Gasteiger partial charge in [0.15, 0.2) is 6.61 Å². The lowest BCUT2D eigenvalue weighted by atomic mass is 9.91. The molecule has 1 atom stereocenters. The molecule has 2 N–H and O–H groups in total. The van der Waals surface area contributed by atoms with Crippen molar-refractivity contribution in [2.45, 2.75) is 32.2 Å². The highest BCUT2D eigenvalue weighted by molar-refractivity contribution is 6.31. The van der Waals surface area contributed by atoms with Crippen molar-refractivity contribution >= 4 is 28.4 Å². The molecule has 1 aliphatic rings. The lowest BCUT2D eigenvalue weighted by Gasteiger charge is -2.23. The molecular weight excluding hydrogens is 368 g/mol. The molecule has 27 heavy (non-hydrogen) atoms. The molecule has 6 nitrogen and oxygen atoms in total. The molecule has 2 heterocycles. The SMILES string of the molecule is Cc1cc(=O)c(OCC(=O)N[C@H]2CCCc3c2[nH]c2ccc(Cl)cc32)co1. The number of carbonyl (C=O) groups is 1. The molecule has 0 unspecified atom stereocenters. The van der Waals surface area contributed by atoms with Gasteiger partial charge in [0.05, 0.1) is 6.04 Å². The van der Waals surface area contributed by atoms with E-state index in [-0.39, 0.29) is 29.7 Å². The fraction of sp³-hybridized carbons (Fsp3) is 0.300. The van der Waals surface area contributed by atoms with E-state index >= 15 is 0 Å². The van der Waals surface area contributed by atoms with Crippen LogP contribution >= 0.6 is 11.6 Å². The summed E-state index contributed by atoms with van der Waals surface area (Å²) in [5.74, 6) is 0.232. The number of halogens is 1. The molecule has 140 valence electrons. The minimum absolute atomic E-state index is 0.0281. The lowest BCUT2D eigenvalue weighted by Crippen LogP contribution is -2.34. The Labute approximate surface area is 160 Å². The van der Waals surface area contributed by atoms with Crippen LogP contribution in [-0.2, 0) is 11.2 Å². The van der Waals surface area contributed by atoms with Crippen LogP contribution in [0.25, 0.3) is 10.9 Å². The van der Waals surface area contributed by atoms with Gasteiger partial charge in [0, 0.05) is 27.7 Å². The van der Waals surface area contributed by atoms with Crippen LogP contribution in [0.15, 0.2) is 39.7 Å². The molecule has 0 radical (unpaired) electrons. The number of aromatic amines is 1. The Hall–Kier alpha value is -2.73. The summed E-state index contributed by atoms with van der Waals surface area (Å²) < 4.78 is 10.5. The number of fused-ring (bicyclic) bond motifs is 3. The van der Waals surface area contributed by atoms with Crippen molar-refractivity contribution in [3.05, 3.63) is 62.8 Å². The summed E-state index contributed by atoms with van der Waals surface area (Å²) in [6.45, 7) is 1.43. The Bertz CT molecular complexity index is 1070. The fourth-order valence-electron chi connectivity index (χ4n) is 3.56. The van der Waals surface area contributed by atoms with Gasteiger partial charge >= 0.3 is 0 Å². The standard InChI is InChI=1S/C20H19ClN2O4/c1-11-7-17(24)18(9-26-11)27-10-19(25)22-16-4-2-3-13-14-8-12(21)5-6-15(14)23-20(13)16/h5-9,16,23H,2-4,10H2,1H3,(H,22,25)/t16-/m0/s1. The number of amides is 1. The first-order valence-corrected chi connectivity index (χ1v) is 9.20. The van der Waals surface area contributed by atoms with Gasteiger partial charge in [-0.25, -0.2) is 0 Å². The first-order valence-electron chi connectivity index (χ1n) is 8.83. The molecule has 0 aliphatic heterocycles. The van der Waals surface area contributed by atoms with E-state index in [9.17, 15) is 9.59 Å². The number of hydrogen-bond acceptors (Lipinski definition) is 4. The molecular formula is C20H19ClN2O4. The molecule has 2 aromatic heterocycles. The summed E-state index contributed by atoms with van der Waals surface area (Å²) >= 11 is 6.13. The van der Waals surface area contributed by atoms with E-state index in [4.69, 9.17) is 20.8 Å². The summed E-state index contributed by atoms with van der Waals surface area (Å²) in [5.41, 5.74) is 2.92. The molecule has 0 fully saturated rings. The molecule has 1 aliphatic carbocycles. The van der Waals surface area contributed by atoms with E-state index in [0.717, 1.165) is 35.9 Å². The van der Waals surface area contributed by atoms with Crippen LogP contribution < -0.4 is 15.5 Å². The second kappa shape index (κ2) is 7.12. The van der Waals surface area contributed by atoms with E-state index in [1.807, 2.05) is 18.2 Å². The van der Waals surface area contributed by atoms with Crippen molar-refractivity contribution in [3.8, 4) is 5.75 Å². The maximum atomic E-state index is 12.3. The first kappa shape index (κ1) is 17.7. The van der Waals surface area contributed by atoms with Crippen LogP contribution in [0.5, 0.6) is 5.75 Å². The number of carbonyl (C=O) groups excluding carboxylic acids is 1. The molecule has 0 spiro atoms. The third-order valence-corrected chi connectivity index (χ3v) is 5.03. The van der Waals surface area contributed by atoms with Crippen LogP contribution in [0.3, 0.4) is 0 Å². The van der Waals surface area contributed by atoms with Crippen molar-refractivity contribution in [1.82, 2.24) is 10.3 Å². The van der Waals surface area contributed by atoms with Gasteiger partial charge in [-0.3, -0.25) is 9.59 Å². The number of rotatable bonds is 4. The van der Waals surface area contributed by atoms with Crippen molar-refractivity contribution in [3.63, 3.8) is 0 Å². The largest absolute Gasteiger partial charge is 0.477 e.